The van der Waals surface area contributed by atoms with Crippen molar-refractivity contribution in [3.63, 3.8) is 0 Å². The molecule has 208 valence electrons. The summed E-state index contributed by atoms with van der Waals surface area (Å²) in [6.45, 7) is 17.5. The number of rotatable bonds is 8. The lowest BCUT2D eigenvalue weighted by Gasteiger charge is -2.60. The Morgan fingerprint density at radius 1 is 0.974 bits per heavy atom. The lowest BCUT2D eigenvalue weighted by molar-refractivity contribution is -0.214. The van der Waals surface area contributed by atoms with Crippen molar-refractivity contribution in [2.24, 2.45) is 34.0 Å². The van der Waals surface area contributed by atoms with E-state index in [1.807, 2.05) is 5.57 Å². The fraction of sp³-hybridized carbons (Fsp3) is 0.667. The molecule has 4 aliphatic rings. The minimum Gasteiger partial charge on any atom is -0.353 e. The normalized spacial score (nSPS) is 35.9. The highest BCUT2D eigenvalue weighted by molar-refractivity contribution is 5.51. The molecule has 0 bridgehead atoms. The van der Waals surface area contributed by atoms with E-state index in [1.54, 1.807) is 11.1 Å². The first kappa shape index (κ1) is 27.9. The van der Waals surface area contributed by atoms with Crippen molar-refractivity contribution in [3.8, 4) is 0 Å². The van der Waals surface area contributed by atoms with Gasteiger partial charge in [-0.15, -0.1) is 0 Å². The minimum atomic E-state index is -0.118. The maximum Gasteiger partial charge on any atom is 0.155 e. The van der Waals surface area contributed by atoms with Crippen LogP contribution < -0.4 is 0 Å². The Morgan fingerprint density at radius 2 is 1.74 bits per heavy atom. The van der Waals surface area contributed by atoms with Crippen LogP contribution >= 0.6 is 0 Å². The highest BCUT2D eigenvalue weighted by Gasteiger charge is 2.58. The van der Waals surface area contributed by atoms with Gasteiger partial charge in [-0.3, -0.25) is 0 Å². The van der Waals surface area contributed by atoms with Gasteiger partial charge in [-0.25, -0.2) is 0 Å². The lowest BCUT2D eigenvalue weighted by atomic mass is 9.46. The molecule has 0 aromatic heterocycles. The molecule has 1 fully saturated rings. The molecule has 0 heterocycles. The second-order valence-corrected chi connectivity index (χ2v) is 13.9. The highest BCUT2D eigenvalue weighted by Crippen LogP contribution is 2.67. The first-order valence-corrected chi connectivity index (χ1v) is 15.5. The van der Waals surface area contributed by atoms with Gasteiger partial charge < -0.3 is 9.47 Å². The van der Waals surface area contributed by atoms with Crippen molar-refractivity contribution >= 4 is 6.08 Å². The fourth-order valence-electron chi connectivity index (χ4n) is 9.46. The van der Waals surface area contributed by atoms with E-state index in [-0.39, 0.29) is 17.8 Å². The molecular formula is C36H52O2. The smallest absolute Gasteiger partial charge is 0.155 e. The molecule has 4 aliphatic carbocycles. The van der Waals surface area contributed by atoms with Crippen LogP contribution in [0.2, 0.25) is 0 Å². The first-order chi connectivity index (χ1) is 18.1. The Bertz CT molecular complexity index is 1080. The summed E-state index contributed by atoms with van der Waals surface area (Å²) in [7, 11) is 0. The largest absolute Gasteiger partial charge is 0.353 e. The Balaban J connectivity index is 1.33. The van der Waals surface area contributed by atoms with Crippen LogP contribution in [0.3, 0.4) is 0 Å². The Labute approximate surface area is 233 Å². The third-order valence-electron chi connectivity index (χ3n) is 11.5. The maximum atomic E-state index is 6.51. The van der Waals surface area contributed by atoms with E-state index < -0.39 is 0 Å². The summed E-state index contributed by atoms with van der Waals surface area (Å²) in [6.07, 6.45) is 17.5. The van der Waals surface area contributed by atoms with Crippen LogP contribution in [-0.4, -0.2) is 19.0 Å². The molecule has 1 aromatic rings. The van der Waals surface area contributed by atoms with E-state index in [2.05, 4.69) is 97.0 Å². The topological polar surface area (TPSA) is 18.5 Å². The molecule has 0 spiro atoms. The second kappa shape index (κ2) is 10.7. The predicted molar refractivity (Wildman–Crippen MR) is 160 cm³/mol. The van der Waals surface area contributed by atoms with Gasteiger partial charge >= 0.3 is 0 Å². The number of hydrogen-bond acceptors (Lipinski definition) is 2. The number of allylic oxidation sites excluding steroid dienone is 5. The zero-order valence-electron chi connectivity index (χ0n) is 25.2. The Kier molecular flexibility index (Phi) is 7.88. The number of benzene rings is 1. The van der Waals surface area contributed by atoms with Crippen LogP contribution in [0.15, 0.2) is 59.2 Å². The summed E-state index contributed by atoms with van der Waals surface area (Å²) in [5, 5.41) is 0. The van der Waals surface area contributed by atoms with Gasteiger partial charge in [-0.05, 0) is 116 Å². The van der Waals surface area contributed by atoms with Gasteiger partial charge in [0.15, 0.2) is 6.29 Å². The van der Waals surface area contributed by atoms with E-state index in [9.17, 15) is 0 Å². The van der Waals surface area contributed by atoms with Crippen LogP contribution in [0.25, 0.3) is 6.08 Å². The zero-order chi connectivity index (χ0) is 27.1. The van der Waals surface area contributed by atoms with E-state index >= 15 is 0 Å². The van der Waals surface area contributed by atoms with Gasteiger partial charge in [0.1, 0.15) is 0 Å². The van der Waals surface area contributed by atoms with Gasteiger partial charge in [-0.1, -0.05) is 88.8 Å². The zero-order valence-corrected chi connectivity index (χ0v) is 25.2. The SMILES string of the molecule is CCOC(C)O[C@H]1CC[C@]2(C)C3=C(CC[C@H]2C1(C)C)C1=CC[C@H]([C@H](C)CC=Cc2ccccc2)[C@@]1(C)CC3. The van der Waals surface area contributed by atoms with Crippen LogP contribution in [0.5, 0.6) is 0 Å². The minimum absolute atomic E-state index is 0.118. The van der Waals surface area contributed by atoms with Crippen LogP contribution in [0, 0.1) is 34.0 Å². The third-order valence-corrected chi connectivity index (χ3v) is 11.5. The van der Waals surface area contributed by atoms with Crippen LogP contribution in [0.1, 0.15) is 105 Å². The van der Waals surface area contributed by atoms with Gasteiger partial charge in [0.25, 0.3) is 0 Å². The highest BCUT2D eigenvalue weighted by atomic mass is 16.7. The van der Waals surface area contributed by atoms with Crippen molar-refractivity contribution in [3.05, 3.63) is 64.8 Å². The molecule has 5 rings (SSSR count). The molecule has 2 nitrogen and oxygen atoms in total. The van der Waals surface area contributed by atoms with Gasteiger partial charge in [0, 0.05) is 6.61 Å². The molecule has 0 aliphatic heterocycles. The summed E-state index contributed by atoms with van der Waals surface area (Å²) in [5.74, 6) is 2.12. The fourth-order valence-corrected chi connectivity index (χ4v) is 9.46. The predicted octanol–water partition coefficient (Wildman–Crippen LogP) is 9.77. The Morgan fingerprint density at radius 3 is 2.47 bits per heavy atom. The molecule has 0 saturated heterocycles. The summed E-state index contributed by atoms with van der Waals surface area (Å²) in [4.78, 5) is 0. The van der Waals surface area contributed by atoms with Crippen molar-refractivity contribution in [1.29, 1.82) is 0 Å². The number of fused-ring (bicyclic) bond motifs is 4. The summed E-state index contributed by atoms with van der Waals surface area (Å²) in [5.41, 5.74) is 7.43. The van der Waals surface area contributed by atoms with E-state index in [4.69, 9.17) is 9.47 Å². The average Bonchev–Trinajstić information content (AvgIpc) is 3.24. The van der Waals surface area contributed by atoms with Gasteiger partial charge in [-0.2, -0.15) is 0 Å². The molecule has 0 radical (unpaired) electrons. The first-order valence-electron chi connectivity index (χ1n) is 15.5. The van der Waals surface area contributed by atoms with E-state index in [1.165, 1.54) is 44.1 Å². The third kappa shape index (κ3) is 4.79. The summed E-state index contributed by atoms with van der Waals surface area (Å²) < 4.78 is 12.3. The lowest BCUT2D eigenvalue weighted by Crippen LogP contribution is -2.54. The van der Waals surface area contributed by atoms with E-state index in [0.717, 1.165) is 18.8 Å². The quantitative estimate of drug-likeness (QED) is 0.320. The number of hydrogen-bond donors (Lipinski definition) is 0. The number of ether oxygens (including phenoxy) is 2. The summed E-state index contributed by atoms with van der Waals surface area (Å²) in [6, 6.07) is 10.7. The van der Waals surface area contributed by atoms with E-state index in [0.29, 0.717) is 29.3 Å². The molecule has 0 amide bonds. The second-order valence-electron chi connectivity index (χ2n) is 13.9. The Hall–Kier alpha value is -1.64. The van der Waals surface area contributed by atoms with Gasteiger partial charge in [0.2, 0.25) is 0 Å². The molecule has 38 heavy (non-hydrogen) atoms. The molecule has 0 N–H and O–H groups in total. The standard InChI is InChI=1S/C36H52O2/c1-8-37-26(3)38-33-22-24-36(7)31-21-23-35(6)29(25(2)13-12-16-27-14-10-9-11-15-27)18-19-30(35)28(31)17-20-32(36)34(33,4)5/h9-12,14-16,19,25-26,29,32-33H,8,13,17-18,20-24H2,1-7H3/t25-,26?,29-,32+,33+,35-,36-/m1/s1. The van der Waals surface area contributed by atoms with Crippen molar-refractivity contribution in [1.82, 2.24) is 0 Å². The van der Waals surface area contributed by atoms with Crippen molar-refractivity contribution in [2.75, 3.05) is 6.61 Å². The van der Waals surface area contributed by atoms with Crippen molar-refractivity contribution < 1.29 is 9.47 Å². The maximum absolute atomic E-state index is 6.51. The monoisotopic (exact) mass is 516 g/mol. The molecule has 1 aromatic carbocycles. The van der Waals surface area contributed by atoms with Gasteiger partial charge in [0.05, 0.1) is 6.10 Å². The molecular weight excluding hydrogens is 464 g/mol. The molecule has 1 saturated carbocycles. The molecule has 1 unspecified atom stereocenters. The van der Waals surface area contributed by atoms with Crippen LogP contribution in [-0.2, 0) is 9.47 Å². The van der Waals surface area contributed by atoms with Crippen molar-refractivity contribution in [2.45, 2.75) is 112 Å². The molecule has 2 heteroatoms. The molecule has 7 atom stereocenters. The summed E-state index contributed by atoms with van der Waals surface area (Å²) >= 11 is 0. The van der Waals surface area contributed by atoms with Crippen LogP contribution in [0.4, 0.5) is 0 Å². The average molecular weight is 517 g/mol.